The van der Waals surface area contributed by atoms with Crippen molar-refractivity contribution in [3.8, 4) is 0 Å². The summed E-state index contributed by atoms with van der Waals surface area (Å²) >= 11 is 0. The van der Waals surface area contributed by atoms with Gasteiger partial charge in [-0.3, -0.25) is 4.79 Å². The van der Waals surface area contributed by atoms with Gasteiger partial charge in [0.2, 0.25) is 0 Å². The summed E-state index contributed by atoms with van der Waals surface area (Å²) in [4.78, 5) is 22.1. The number of carbonyl (C=O) groups is 2. The lowest BCUT2D eigenvalue weighted by molar-refractivity contribution is -0.137. The van der Waals surface area contributed by atoms with Crippen molar-refractivity contribution in [1.82, 2.24) is 0 Å². The predicted molar refractivity (Wildman–Crippen MR) is 63.2 cm³/mol. The van der Waals surface area contributed by atoms with Crippen LogP contribution in [0.4, 0.5) is 0 Å². The van der Waals surface area contributed by atoms with E-state index in [4.69, 9.17) is 9.84 Å². The standard InChI is InChI=1S/C13H16O4/c1-4-5-10-6-7-11(13(15)16)8(2)12(10)17-9(3)14/h4H,1,5-7H2,2-3H3,(H,15,16). The van der Waals surface area contributed by atoms with Gasteiger partial charge >= 0.3 is 11.9 Å². The lowest BCUT2D eigenvalue weighted by Gasteiger charge is -2.21. The summed E-state index contributed by atoms with van der Waals surface area (Å²) in [5, 5.41) is 9.04. The molecule has 1 N–H and O–H groups in total. The highest BCUT2D eigenvalue weighted by Crippen LogP contribution is 2.33. The summed E-state index contributed by atoms with van der Waals surface area (Å²) in [6, 6.07) is 0. The maximum absolute atomic E-state index is 11.0. The maximum atomic E-state index is 11.0. The van der Waals surface area contributed by atoms with E-state index >= 15 is 0 Å². The third-order valence-electron chi connectivity index (χ3n) is 2.69. The maximum Gasteiger partial charge on any atom is 0.331 e. The van der Waals surface area contributed by atoms with E-state index in [1.165, 1.54) is 6.92 Å². The molecule has 1 aliphatic rings. The highest BCUT2D eigenvalue weighted by Gasteiger charge is 2.24. The summed E-state index contributed by atoms with van der Waals surface area (Å²) in [6.07, 6.45) is 3.38. The Morgan fingerprint density at radius 1 is 1.47 bits per heavy atom. The van der Waals surface area contributed by atoms with Crippen LogP contribution >= 0.6 is 0 Å². The molecule has 0 saturated carbocycles. The van der Waals surface area contributed by atoms with E-state index < -0.39 is 11.9 Å². The summed E-state index contributed by atoms with van der Waals surface area (Å²) in [5.74, 6) is -0.988. The SMILES string of the molecule is C=CCC1=C(OC(C)=O)C(C)=C(C(=O)O)CC1. The topological polar surface area (TPSA) is 63.6 Å². The number of carboxylic acid groups (broad SMARTS) is 1. The predicted octanol–water partition coefficient (Wildman–Crippen LogP) is 2.57. The molecule has 0 aromatic carbocycles. The Labute approximate surface area is 100 Å². The van der Waals surface area contributed by atoms with Crippen LogP contribution in [-0.4, -0.2) is 17.0 Å². The van der Waals surface area contributed by atoms with Crippen molar-refractivity contribution in [1.29, 1.82) is 0 Å². The zero-order valence-electron chi connectivity index (χ0n) is 10.1. The van der Waals surface area contributed by atoms with E-state index in [2.05, 4.69) is 6.58 Å². The number of carboxylic acids is 1. The molecule has 1 rings (SSSR count). The van der Waals surface area contributed by atoms with Crippen molar-refractivity contribution in [3.05, 3.63) is 35.1 Å². The van der Waals surface area contributed by atoms with Crippen molar-refractivity contribution in [2.75, 3.05) is 0 Å². The lowest BCUT2D eigenvalue weighted by Crippen LogP contribution is -2.14. The van der Waals surface area contributed by atoms with Gasteiger partial charge < -0.3 is 9.84 Å². The first-order valence-corrected chi connectivity index (χ1v) is 5.42. The van der Waals surface area contributed by atoms with Gasteiger partial charge in [0.05, 0.1) is 0 Å². The van der Waals surface area contributed by atoms with E-state index in [0.717, 1.165) is 5.57 Å². The minimum atomic E-state index is -0.954. The summed E-state index contributed by atoms with van der Waals surface area (Å²) in [6.45, 7) is 6.62. The molecule has 0 fully saturated rings. The monoisotopic (exact) mass is 236 g/mol. The number of hydrogen-bond donors (Lipinski definition) is 1. The molecule has 0 atom stereocenters. The third-order valence-corrected chi connectivity index (χ3v) is 2.69. The van der Waals surface area contributed by atoms with Gasteiger partial charge in [0.1, 0.15) is 5.76 Å². The average molecular weight is 236 g/mol. The fraction of sp³-hybridized carbons (Fsp3) is 0.385. The van der Waals surface area contributed by atoms with Gasteiger partial charge in [0.25, 0.3) is 0 Å². The van der Waals surface area contributed by atoms with Gasteiger partial charge in [-0.15, -0.1) is 6.58 Å². The fourth-order valence-electron chi connectivity index (χ4n) is 1.91. The van der Waals surface area contributed by atoms with Gasteiger partial charge in [0, 0.05) is 18.1 Å². The first-order valence-electron chi connectivity index (χ1n) is 5.42. The second-order valence-electron chi connectivity index (χ2n) is 3.93. The smallest absolute Gasteiger partial charge is 0.331 e. The highest BCUT2D eigenvalue weighted by molar-refractivity contribution is 5.89. The van der Waals surface area contributed by atoms with Crippen LogP contribution in [0, 0.1) is 0 Å². The third kappa shape index (κ3) is 3.06. The molecule has 0 aromatic rings. The van der Waals surface area contributed by atoms with E-state index in [1.54, 1.807) is 13.0 Å². The summed E-state index contributed by atoms with van der Waals surface area (Å²) in [7, 11) is 0. The van der Waals surface area contributed by atoms with Crippen LogP contribution in [0.5, 0.6) is 0 Å². The number of carbonyl (C=O) groups excluding carboxylic acids is 1. The fourth-order valence-corrected chi connectivity index (χ4v) is 1.91. The van der Waals surface area contributed by atoms with E-state index in [1.807, 2.05) is 0 Å². The Hall–Kier alpha value is -1.84. The molecule has 0 aliphatic heterocycles. The zero-order chi connectivity index (χ0) is 13.0. The van der Waals surface area contributed by atoms with Gasteiger partial charge in [-0.2, -0.15) is 0 Å². The number of allylic oxidation sites excluding steroid dienone is 3. The van der Waals surface area contributed by atoms with Crippen molar-refractivity contribution >= 4 is 11.9 Å². The van der Waals surface area contributed by atoms with Crippen molar-refractivity contribution in [2.45, 2.75) is 33.1 Å². The molecule has 0 spiro atoms. The highest BCUT2D eigenvalue weighted by atomic mass is 16.5. The minimum Gasteiger partial charge on any atom is -0.478 e. The van der Waals surface area contributed by atoms with Crippen LogP contribution in [0.1, 0.15) is 33.1 Å². The molecule has 0 amide bonds. The number of hydrogen-bond acceptors (Lipinski definition) is 3. The Bertz CT molecular complexity index is 427. The van der Waals surface area contributed by atoms with Crippen LogP contribution in [0.15, 0.2) is 35.1 Å². The molecule has 4 heteroatoms. The van der Waals surface area contributed by atoms with Gasteiger partial charge in [-0.25, -0.2) is 4.79 Å². The minimum absolute atomic E-state index is 0.314. The number of aliphatic carboxylic acids is 1. The molecule has 17 heavy (non-hydrogen) atoms. The van der Waals surface area contributed by atoms with Crippen LogP contribution in [-0.2, 0) is 14.3 Å². The van der Waals surface area contributed by atoms with Crippen LogP contribution in [0.3, 0.4) is 0 Å². The largest absolute Gasteiger partial charge is 0.478 e. The van der Waals surface area contributed by atoms with E-state index in [0.29, 0.717) is 36.2 Å². The Morgan fingerprint density at radius 2 is 2.12 bits per heavy atom. The molecule has 4 nitrogen and oxygen atoms in total. The lowest BCUT2D eigenvalue weighted by atomic mass is 9.90. The molecule has 0 saturated heterocycles. The van der Waals surface area contributed by atoms with E-state index in [9.17, 15) is 9.59 Å². The molecular formula is C13H16O4. The van der Waals surface area contributed by atoms with Crippen molar-refractivity contribution in [2.24, 2.45) is 0 Å². The quantitative estimate of drug-likeness (QED) is 0.602. The zero-order valence-corrected chi connectivity index (χ0v) is 10.1. The molecule has 0 heterocycles. The van der Waals surface area contributed by atoms with Gasteiger partial charge in [-0.1, -0.05) is 6.08 Å². The number of ether oxygens (including phenoxy) is 1. The second kappa shape index (κ2) is 5.48. The van der Waals surface area contributed by atoms with Crippen LogP contribution < -0.4 is 0 Å². The van der Waals surface area contributed by atoms with Crippen LogP contribution in [0.25, 0.3) is 0 Å². The molecule has 0 radical (unpaired) electrons. The van der Waals surface area contributed by atoms with Gasteiger partial charge in [-0.05, 0) is 31.8 Å². The van der Waals surface area contributed by atoms with Crippen LogP contribution in [0.2, 0.25) is 0 Å². The molecule has 1 aliphatic carbocycles. The Morgan fingerprint density at radius 3 is 2.59 bits per heavy atom. The number of esters is 1. The molecule has 92 valence electrons. The molecule has 0 unspecified atom stereocenters. The van der Waals surface area contributed by atoms with E-state index in [-0.39, 0.29) is 0 Å². The molecular weight excluding hydrogens is 220 g/mol. The first kappa shape index (κ1) is 13.2. The normalized spacial score (nSPS) is 15.9. The van der Waals surface area contributed by atoms with Gasteiger partial charge in [0.15, 0.2) is 0 Å². The second-order valence-corrected chi connectivity index (χ2v) is 3.93. The first-order chi connectivity index (χ1) is 7.97. The Balaban J connectivity index is 3.19. The molecule has 0 aromatic heterocycles. The Kier molecular flexibility index (Phi) is 4.26. The van der Waals surface area contributed by atoms with Crippen molar-refractivity contribution < 1.29 is 19.4 Å². The average Bonchev–Trinajstić information content (AvgIpc) is 2.22. The summed E-state index contributed by atoms with van der Waals surface area (Å²) < 4.78 is 5.12. The number of rotatable bonds is 4. The van der Waals surface area contributed by atoms with Crippen molar-refractivity contribution in [3.63, 3.8) is 0 Å². The molecule has 0 bridgehead atoms. The summed E-state index contributed by atoms with van der Waals surface area (Å²) in [5.41, 5.74) is 1.78.